The molecule has 0 aromatic rings. The Bertz CT molecular complexity index is 183. The smallest absolute Gasteiger partial charge is 0.0497 e. The zero-order chi connectivity index (χ0) is 12.0. The average molecular weight is 229 g/mol. The highest BCUT2D eigenvalue weighted by atomic mass is 16.5. The maximum absolute atomic E-state index is 9.42. The summed E-state index contributed by atoms with van der Waals surface area (Å²) in [6.07, 6.45) is 3.40. The predicted octanol–water partition coefficient (Wildman–Crippen LogP) is 1.80. The standard InChI is InChI=1S/C13H27NO2/c1-13(2,3)14-7-6-11(9-15)12-5-4-8-16-10-12/h11-12,14-15H,4-10H2,1-3H3. The number of ether oxygens (including phenoxy) is 1. The Labute approximate surface area is 99.6 Å². The third kappa shape index (κ3) is 5.28. The molecule has 0 bridgehead atoms. The molecule has 0 radical (unpaired) electrons. The second-order valence-corrected chi connectivity index (χ2v) is 5.89. The molecular formula is C13H27NO2. The van der Waals surface area contributed by atoms with Gasteiger partial charge in [0.2, 0.25) is 0 Å². The van der Waals surface area contributed by atoms with Crippen molar-refractivity contribution in [3.8, 4) is 0 Å². The third-order valence-corrected chi connectivity index (χ3v) is 3.27. The molecule has 3 heteroatoms. The second-order valence-electron chi connectivity index (χ2n) is 5.89. The fraction of sp³-hybridized carbons (Fsp3) is 1.00. The molecule has 16 heavy (non-hydrogen) atoms. The molecule has 96 valence electrons. The molecule has 1 aliphatic heterocycles. The fourth-order valence-electron chi connectivity index (χ4n) is 2.25. The number of hydrogen-bond donors (Lipinski definition) is 2. The Hall–Kier alpha value is -0.120. The van der Waals surface area contributed by atoms with Gasteiger partial charge in [0.05, 0.1) is 0 Å². The van der Waals surface area contributed by atoms with Gasteiger partial charge in [-0.1, -0.05) is 0 Å². The first-order valence-electron chi connectivity index (χ1n) is 6.46. The quantitative estimate of drug-likeness (QED) is 0.755. The minimum atomic E-state index is 0.170. The predicted molar refractivity (Wildman–Crippen MR) is 66.5 cm³/mol. The summed E-state index contributed by atoms with van der Waals surface area (Å²) in [5.74, 6) is 0.954. The number of rotatable bonds is 5. The topological polar surface area (TPSA) is 41.5 Å². The zero-order valence-electron chi connectivity index (χ0n) is 11.0. The van der Waals surface area contributed by atoms with E-state index in [1.54, 1.807) is 0 Å². The van der Waals surface area contributed by atoms with Crippen LogP contribution in [0.4, 0.5) is 0 Å². The van der Waals surface area contributed by atoms with Crippen molar-refractivity contribution < 1.29 is 9.84 Å². The van der Waals surface area contributed by atoms with Gasteiger partial charge in [-0.05, 0) is 58.4 Å². The molecule has 1 aliphatic rings. The summed E-state index contributed by atoms with van der Waals surface area (Å²) in [5, 5.41) is 12.9. The molecule has 2 unspecified atom stereocenters. The first-order chi connectivity index (χ1) is 7.53. The van der Waals surface area contributed by atoms with Gasteiger partial charge in [0.15, 0.2) is 0 Å². The SMILES string of the molecule is CC(C)(C)NCCC(CO)C1CCCOC1. The van der Waals surface area contributed by atoms with E-state index in [-0.39, 0.29) is 5.54 Å². The number of aliphatic hydroxyl groups excluding tert-OH is 1. The van der Waals surface area contributed by atoms with Crippen molar-refractivity contribution in [1.29, 1.82) is 0 Å². The summed E-state index contributed by atoms with van der Waals surface area (Å²) >= 11 is 0. The first-order valence-corrected chi connectivity index (χ1v) is 6.46. The molecule has 2 N–H and O–H groups in total. The molecule has 1 saturated heterocycles. The Kier molecular flexibility index (Phi) is 5.73. The van der Waals surface area contributed by atoms with E-state index < -0.39 is 0 Å². The van der Waals surface area contributed by atoms with E-state index in [0.717, 1.165) is 32.6 Å². The number of nitrogens with one attached hydrogen (secondary N) is 1. The first kappa shape index (κ1) is 13.9. The number of hydrogen-bond acceptors (Lipinski definition) is 3. The summed E-state index contributed by atoms with van der Waals surface area (Å²) in [6.45, 7) is 9.51. The average Bonchev–Trinajstić information content (AvgIpc) is 2.24. The van der Waals surface area contributed by atoms with E-state index in [4.69, 9.17) is 4.74 Å². The summed E-state index contributed by atoms with van der Waals surface area (Å²) in [6, 6.07) is 0. The van der Waals surface area contributed by atoms with Crippen LogP contribution >= 0.6 is 0 Å². The normalized spacial score (nSPS) is 24.4. The minimum absolute atomic E-state index is 0.170. The highest BCUT2D eigenvalue weighted by molar-refractivity contribution is 4.76. The Morgan fingerprint density at radius 1 is 1.44 bits per heavy atom. The van der Waals surface area contributed by atoms with E-state index >= 15 is 0 Å². The third-order valence-electron chi connectivity index (χ3n) is 3.27. The van der Waals surface area contributed by atoms with Gasteiger partial charge in [0.25, 0.3) is 0 Å². The van der Waals surface area contributed by atoms with Crippen LogP contribution in [0.3, 0.4) is 0 Å². The lowest BCUT2D eigenvalue weighted by Crippen LogP contribution is -2.38. The molecule has 0 aliphatic carbocycles. The lowest BCUT2D eigenvalue weighted by molar-refractivity contribution is 0.0140. The lowest BCUT2D eigenvalue weighted by atomic mass is 9.86. The van der Waals surface area contributed by atoms with Crippen LogP contribution in [0.15, 0.2) is 0 Å². The maximum Gasteiger partial charge on any atom is 0.0497 e. The van der Waals surface area contributed by atoms with Gasteiger partial charge >= 0.3 is 0 Å². The fourth-order valence-corrected chi connectivity index (χ4v) is 2.25. The summed E-state index contributed by atoms with van der Waals surface area (Å²) in [4.78, 5) is 0. The van der Waals surface area contributed by atoms with Crippen molar-refractivity contribution in [2.45, 2.75) is 45.6 Å². The van der Waals surface area contributed by atoms with Crippen molar-refractivity contribution in [1.82, 2.24) is 5.32 Å². The van der Waals surface area contributed by atoms with Crippen LogP contribution in [-0.2, 0) is 4.74 Å². The van der Waals surface area contributed by atoms with Crippen molar-refractivity contribution in [3.05, 3.63) is 0 Å². The van der Waals surface area contributed by atoms with E-state index in [1.165, 1.54) is 6.42 Å². The molecule has 2 atom stereocenters. The van der Waals surface area contributed by atoms with Crippen LogP contribution in [-0.4, -0.2) is 37.0 Å². The van der Waals surface area contributed by atoms with Crippen molar-refractivity contribution in [2.75, 3.05) is 26.4 Å². The Morgan fingerprint density at radius 2 is 2.19 bits per heavy atom. The van der Waals surface area contributed by atoms with E-state index in [9.17, 15) is 5.11 Å². The Balaban J connectivity index is 2.25. The van der Waals surface area contributed by atoms with Gasteiger partial charge < -0.3 is 15.2 Å². The van der Waals surface area contributed by atoms with Crippen LogP contribution in [0.2, 0.25) is 0 Å². The van der Waals surface area contributed by atoms with Gasteiger partial charge in [-0.2, -0.15) is 0 Å². The van der Waals surface area contributed by atoms with Gasteiger partial charge in [-0.25, -0.2) is 0 Å². The Morgan fingerprint density at radius 3 is 2.69 bits per heavy atom. The molecule has 1 heterocycles. The molecule has 1 rings (SSSR count). The van der Waals surface area contributed by atoms with Crippen LogP contribution < -0.4 is 5.32 Å². The lowest BCUT2D eigenvalue weighted by Gasteiger charge is -2.30. The molecular weight excluding hydrogens is 202 g/mol. The van der Waals surface area contributed by atoms with Gasteiger partial charge in [0.1, 0.15) is 0 Å². The van der Waals surface area contributed by atoms with E-state index in [1.807, 2.05) is 0 Å². The van der Waals surface area contributed by atoms with Gasteiger partial charge in [-0.3, -0.25) is 0 Å². The van der Waals surface area contributed by atoms with Crippen molar-refractivity contribution in [3.63, 3.8) is 0 Å². The monoisotopic (exact) mass is 229 g/mol. The highest BCUT2D eigenvalue weighted by Crippen LogP contribution is 2.24. The maximum atomic E-state index is 9.42. The van der Waals surface area contributed by atoms with E-state index in [0.29, 0.717) is 18.4 Å². The van der Waals surface area contributed by atoms with Gasteiger partial charge in [0, 0.05) is 25.4 Å². The van der Waals surface area contributed by atoms with Crippen molar-refractivity contribution >= 4 is 0 Å². The van der Waals surface area contributed by atoms with Crippen molar-refractivity contribution in [2.24, 2.45) is 11.8 Å². The summed E-state index contributed by atoms with van der Waals surface area (Å²) in [5.41, 5.74) is 0.170. The second kappa shape index (κ2) is 6.58. The molecule has 3 nitrogen and oxygen atoms in total. The summed E-state index contributed by atoms with van der Waals surface area (Å²) < 4.78 is 5.48. The van der Waals surface area contributed by atoms with E-state index in [2.05, 4.69) is 26.1 Å². The zero-order valence-corrected chi connectivity index (χ0v) is 11.0. The van der Waals surface area contributed by atoms with Crippen LogP contribution in [0.25, 0.3) is 0 Å². The van der Waals surface area contributed by atoms with Crippen LogP contribution in [0, 0.1) is 11.8 Å². The molecule has 0 spiro atoms. The van der Waals surface area contributed by atoms with Crippen LogP contribution in [0.5, 0.6) is 0 Å². The molecule has 0 aromatic heterocycles. The molecule has 0 saturated carbocycles. The van der Waals surface area contributed by atoms with Gasteiger partial charge in [-0.15, -0.1) is 0 Å². The largest absolute Gasteiger partial charge is 0.396 e. The highest BCUT2D eigenvalue weighted by Gasteiger charge is 2.23. The minimum Gasteiger partial charge on any atom is -0.396 e. The van der Waals surface area contributed by atoms with Crippen LogP contribution in [0.1, 0.15) is 40.0 Å². The number of aliphatic hydroxyl groups is 1. The summed E-state index contributed by atoms with van der Waals surface area (Å²) in [7, 11) is 0. The molecule has 0 amide bonds. The molecule has 1 fully saturated rings. The molecule has 0 aromatic carbocycles.